The lowest BCUT2D eigenvalue weighted by atomic mass is 10.1. The highest BCUT2D eigenvalue weighted by Crippen LogP contribution is 2.12. The highest BCUT2D eigenvalue weighted by Gasteiger charge is 2.26. The lowest BCUT2D eigenvalue weighted by Crippen LogP contribution is -2.36. The summed E-state index contributed by atoms with van der Waals surface area (Å²) in [6.45, 7) is -1.46. The number of benzene rings is 1. The second kappa shape index (κ2) is 6.36. The van der Waals surface area contributed by atoms with Crippen LogP contribution in [0.25, 0.3) is 0 Å². The van der Waals surface area contributed by atoms with Crippen molar-refractivity contribution >= 4 is 5.69 Å². The molecule has 0 bridgehead atoms. The second-order valence-electron chi connectivity index (χ2n) is 3.86. The maximum atomic E-state index is 12.6. The van der Waals surface area contributed by atoms with E-state index in [0.717, 1.165) is 5.56 Å². The van der Waals surface area contributed by atoms with E-state index in [1.54, 1.807) is 12.1 Å². The van der Waals surface area contributed by atoms with Gasteiger partial charge in [-0.25, -0.2) is 8.78 Å². The summed E-state index contributed by atoms with van der Waals surface area (Å²) in [5.74, 6) is -3.12. The van der Waals surface area contributed by atoms with E-state index in [4.69, 9.17) is 5.11 Å². The Morgan fingerprint density at radius 3 is 2.44 bits per heavy atom. The minimum absolute atomic E-state index is 0.00137. The van der Waals surface area contributed by atoms with Crippen molar-refractivity contribution in [3.63, 3.8) is 0 Å². The third kappa shape index (κ3) is 4.72. The van der Waals surface area contributed by atoms with Gasteiger partial charge in [0, 0.05) is 12.1 Å². The molecular formula is C11H14F2N2O3. The second-order valence-corrected chi connectivity index (χ2v) is 3.86. The number of aliphatic hydroxyl groups is 1. The molecule has 0 fully saturated rings. The number of nitro groups is 1. The van der Waals surface area contributed by atoms with Crippen LogP contribution >= 0.6 is 0 Å². The summed E-state index contributed by atoms with van der Waals surface area (Å²) in [5.41, 5.74) is 0.818. The third-order valence-electron chi connectivity index (χ3n) is 2.35. The average Bonchev–Trinajstić information content (AvgIpc) is 2.35. The van der Waals surface area contributed by atoms with E-state index in [1.165, 1.54) is 12.1 Å². The van der Waals surface area contributed by atoms with E-state index < -0.39 is 24.0 Å². The van der Waals surface area contributed by atoms with Gasteiger partial charge in [0.25, 0.3) is 11.6 Å². The number of hydrogen-bond acceptors (Lipinski definition) is 4. The number of rotatable bonds is 7. The standard InChI is InChI=1S/C11H14F2N2O3/c12-11(13,8-16)7-14-6-5-9-1-3-10(4-2-9)15(17)18/h1-4,14,16H,5-8H2. The largest absolute Gasteiger partial charge is 0.390 e. The molecule has 5 nitrogen and oxygen atoms in total. The first-order valence-corrected chi connectivity index (χ1v) is 5.37. The van der Waals surface area contributed by atoms with E-state index in [2.05, 4.69) is 5.32 Å². The van der Waals surface area contributed by atoms with Gasteiger partial charge < -0.3 is 10.4 Å². The van der Waals surface area contributed by atoms with Crippen molar-refractivity contribution in [2.75, 3.05) is 19.7 Å². The molecule has 0 heterocycles. The van der Waals surface area contributed by atoms with Gasteiger partial charge in [0.15, 0.2) is 0 Å². The van der Waals surface area contributed by atoms with Crippen LogP contribution in [0, 0.1) is 10.1 Å². The average molecular weight is 260 g/mol. The zero-order chi connectivity index (χ0) is 13.6. The number of halogens is 2. The fraction of sp³-hybridized carbons (Fsp3) is 0.455. The Bertz CT molecular complexity index is 396. The first kappa shape index (κ1) is 14.5. The van der Waals surface area contributed by atoms with Gasteiger partial charge >= 0.3 is 0 Å². The number of nitrogens with zero attached hydrogens (tertiary/aromatic N) is 1. The Kier molecular flexibility index (Phi) is 5.11. The molecule has 0 aliphatic heterocycles. The Morgan fingerprint density at radius 1 is 1.33 bits per heavy atom. The lowest BCUT2D eigenvalue weighted by Gasteiger charge is -2.13. The minimum Gasteiger partial charge on any atom is -0.390 e. The van der Waals surface area contributed by atoms with E-state index in [9.17, 15) is 18.9 Å². The molecule has 0 saturated heterocycles. The van der Waals surface area contributed by atoms with Crippen LogP contribution in [0.1, 0.15) is 5.56 Å². The Balaban J connectivity index is 2.34. The number of hydrogen-bond donors (Lipinski definition) is 2. The summed E-state index contributed by atoms with van der Waals surface area (Å²) in [5, 5.41) is 21.3. The highest BCUT2D eigenvalue weighted by molar-refractivity contribution is 5.32. The smallest absolute Gasteiger partial charge is 0.282 e. The summed E-state index contributed by atoms with van der Waals surface area (Å²) >= 11 is 0. The van der Waals surface area contributed by atoms with Crippen molar-refractivity contribution in [3.05, 3.63) is 39.9 Å². The van der Waals surface area contributed by atoms with Crippen LogP contribution < -0.4 is 5.32 Å². The highest BCUT2D eigenvalue weighted by atomic mass is 19.3. The summed E-state index contributed by atoms with van der Waals surface area (Å²) in [6, 6.07) is 5.92. The molecule has 0 saturated carbocycles. The Morgan fingerprint density at radius 2 is 1.94 bits per heavy atom. The van der Waals surface area contributed by atoms with E-state index in [0.29, 0.717) is 13.0 Å². The molecule has 0 amide bonds. The third-order valence-corrected chi connectivity index (χ3v) is 2.35. The molecule has 0 spiro atoms. The van der Waals surface area contributed by atoms with Crippen molar-refractivity contribution in [2.45, 2.75) is 12.3 Å². The molecular weight excluding hydrogens is 246 g/mol. The number of nitrogens with one attached hydrogen (secondary N) is 1. The first-order chi connectivity index (χ1) is 8.44. The van der Waals surface area contributed by atoms with Crippen LogP contribution in [0.4, 0.5) is 14.5 Å². The van der Waals surface area contributed by atoms with Crippen LogP contribution in [0.3, 0.4) is 0 Å². The van der Waals surface area contributed by atoms with Crippen LogP contribution in [-0.4, -0.2) is 35.6 Å². The predicted octanol–water partition coefficient (Wildman–Crippen LogP) is 1.35. The maximum absolute atomic E-state index is 12.6. The maximum Gasteiger partial charge on any atom is 0.282 e. The van der Waals surface area contributed by atoms with E-state index >= 15 is 0 Å². The van der Waals surface area contributed by atoms with Crippen molar-refractivity contribution in [1.82, 2.24) is 5.32 Å². The molecule has 0 atom stereocenters. The van der Waals surface area contributed by atoms with Gasteiger partial charge in [-0.2, -0.15) is 0 Å². The minimum atomic E-state index is -3.12. The SMILES string of the molecule is O=[N+]([O-])c1ccc(CCNCC(F)(F)CO)cc1. The summed E-state index contributed by atoms with van der Waals surface area (Å²) in [7, 11) is 0. The van der Waals surface area contributed by atoms with Gasteiger partial charge in [-0.05, 0) is 18.5 Å². The molecule has 2 N–H and O–H groups in total. The van der Waals surface area contributed by atoms with E-state index in [-0.39, 0.29) is 5.69 Å². The molecule has 1 aromatic rings. The monoisotopic (exact) mass is 260 g/mol. The molecule has 7 heteroatoms. The van der Waals surface area contributed by atoms with Gasteiger partial charge in [-0.15, -0.1) is 0 Å². The fourth-order valence-corrected chi connectivity index (χ4v) is 1.34. The molecule has 18 heavy (non-hydrogen) atoms. The topological polar surface area (TPSA) is 75.4 Å². The van der Waals surface area contributed by atoms with Crippen LogP contribution in [0.2, 0.25) is 0 Å². The summed E-state index contributed by atoms with van der Waals surface area (Å²) < 4.78 is 25.3. The zero-order valence-electron chi connectivity index (χ0n) is 9.60. The van der Waals surface area contributed by atoms with Crippen LogP contribution in [-0.2, 0) is 6.42 Å². The number of alkyl halides is 2. The first-order valence-electron chi connectivity index (χ1n) is 5.37. The molecule has 0 unspecified atom stereocenters. The number of nitro benzene ring substituents is 1. The molecule has 1 aromatic carbocycles. The number of non-ortho nitro benzene ring substituents is 1. The van der Waals surface area contributed by atoms with Gasteiger partial charge in [0.05, 0.1) is 11.5 Å². The van der Waals surface area contributed by atoms with Gasteiger partial charge in [-0.3, -0.25) is 10.1 Å². The fourth-order valence-electron chi connectivity index (χ4n) is 1.34. The molecule has 0 aliphatic carbocycles. The summed E-state index contributed by atoms with van der Waals surface area (Å²) in [4.78, 5) is 9.91. The van der Waals surface area contributed by atoms with Crippen LogP contribution in [0.5, 0.6) is 0 Å². The van der Waals surface area contributed by atoms with Crippen molar-refractivity contribution in [3.8, 4) is 0 Å². The number of aliphatic hydroxyl groups excluding tert-OH is 1. The Labute approximate surface area is 103 Å². The van der Waals surface area contributed by atoms with Crippen molar-refractivity contribution in [2.24, 2.45) is 0 Å². The zero-order valence-corrected chi connectivity index (χ0v) is 9.60. The molecule has 100 valence electrons. The van der Waals surface area contributed by atoms with Gasteiger partial charge in [-0.1, -0.05) is 12.1 Å². The van der Waals surface area contributed by atoms with Crippen molar-refractivity contribution in [1.29, 1.82) is 0 Å². The van der Waals surface area contributed by atoms with Gasteiger partial charge in [0.1, 0.15) is 6.61 Å². The predicted molar refractivity (Wildman–Crippen MR) is 61.7 cm³/mol. The van der Waals surface area contributed by atoms with Crippen LogP contribution in [0.15, 0.2) is 24.3 Å². The molecule has 0 radical (unpaired) electrons. The van der Waals surface area contributed by atoms with E-state index in [1.807, 2.05) is 0 Å². The molecule has 1 rings (SSSR count). The van der Waals surface area contributed by atoms with Gasteiger partial charge in [0.2, 0.25) is 0 Å². The summed E-state index contributed by atoms with van der Waals surface area (Å²) in [6.07, 6.45) is 0.486. The quantitative estimate of drug-likeness (QED) is 0.441. The Hall–Kier alpha value is -1.60. The van der Waals surface area contributed by atoms with Crippen molar-refractivity contribution < 1.29 is 18.8 Å². The lowest BCUT2D eigenvalue weighted by molar-refractivity contribution is -0.384. The molecule has 0 aliphatic rings. The molecule has 0 aromatic heterocycles. The normalized spacial score (nSPS) is 11.5.